The molecule has 2 aromatic carbocycles. The number of fused-ring (bicyclic) bond motifs is 1. The van der Waals surface area contributed by atoms with E-state index in [1.54, 1.807) is 0 Å². The Labute approximate surface area is 141 Å². The van der Waals surface area contributed by atoms with Crippen molar-refractivity contribution in [3.05, 3.63) is 72.1 Å². The average Bonchev–Trinajstić information content (AvgIpc) is 3.00. The van der Waals surface area contributed by atoms with Gasteiger partial charge in [-0.2, -0.15) is 0 Å². The first kappa shape index (κ1) is 14.6. The Hall–Kier alpha value is -2.94. The minimum atomic E-state index is 0.905. The fourth-order valence-corrected chi connectivity index (χ4v) is 2.94. The van der Waals surface area contributed by atoms with Gasteiger partial charge in [-0.15, -0.1) is 0 Å². The second kappa shape index (κ2) is 5.60. The van der Waals surface area contributed by atoms with E-state index in [2.05, 4.69) is 72.5 Å². The van der Waals surface area contributed by atoms with Crippen LogP contribution in [0.15, 0.2) is 60.9 Å². The Bertz CT molecular complexity index is 1030. The highest BCUT2D eigenvalue weighted by atomic mass is 15.0. The third kappa shape index (κ3) is 2.58. The van der Waals surface area contributed by atoms with Gasteiger partial charge < -0.3 is 4.98 Å². The van der Waals surface area contributed by atoms with Gasteiger partial charge in [0.15, 0.2) is 12.4 Å². The maximum Gasteiger partial charge on any atom is 0.194 e. The summed E-state index contributed by atoms with van der Waals surface area (Å²) in [6.45, 7) is 4.30. The zero-order valence-electron chi connectivity index (χ0n) is 14.2. The lowest BCUT2D eigenvalue weighted by atomic mass is 9.99. The summed E-state index contributed by atoms with van der Waals surface area (Å²) in [4.78, 5) is 8.08. The van der Waals surface area contributed by atoms with E-state index in [0.717, 1.165) is 22.4 Å². The molecule has 4 rings (SSSR count). The lowest BCUT2D eigenvalue weighted by Gasteiger charge is -2.06. The molecule has 24 heavy (non-hydrogen) atoms. The molecule has 3 heteroatoms. The van der Waals surface area contributed by atoms with E-state index in [9.17, 15) is 0 Å². The number of hydrogen-bond donors (Lipinski definition) is 1. The monoisotopic (exact) mass is 314 g/mol. The van der Waals surface area contributed by atoms with Crippen molar-refractivity contribution in [3.8, 4) is 22.5 Å². The summed E-state index contributed by atoms with van der Waals surface area (Å²) in [5.74, 6) is 0.905. The van der Waals surface area contributed by atoms with Crippen LogP contribution < -0.4 is 4.57 Å². The summed E-state index contributed by atoms with van der Waals surface area (Å²) in [7, 11) is 2.01. The van der Waals surface area contributed by atoms with E-state index in [0.29, 0.717) is 0 Å². The summed E-state index contributed by atoms with van der Waals surface area (Å²) < 4.78 is 2.02. The van der Waals surface area contributed by atoms with Gasteiger partial charge in [-0.1, -0.05) is 42.5 Å². The number of rotatable bonds is 2. The van der Waals surface area contributed by atoms with E-state index >= 15 is 0 Å². The number of pyridine rings is 1. The van der Waals surface area contributed by atoms with Gasteiger partial charge in [0.2, 0.25) is 0 Å². The second-order valence-electron chi connectivity index (χ2n) is 6.37. The smallest absolute Gasteiger partial charge is 0.194 e. The summed E-state index contributed by atoms with van der Waals surface area (Å²) in [6, 6.07) is 17.2. The Balaban J connectivity index is 1.70. The van der Waals surface area contributed by atoms with E-state index in [-0.39, 0.29) is 0 Å². The molecule has 0 fully saturated rings. The molecular weight excluding hydrogens is 294 g/mol. The molecular formula is C21H20N3+. The molecule has 0 atom stereocenters. The number of nitrogens with one attached hydrogen (secondary N) is 1. The highest BCUT2D eigenvalue weighted by Crippen LogP contribution is 2.26. The van der Waals surface area contributed by atoms with Crippen LogP contribution in [-0.4, -0.2) is 9.97 Å². The molecule has 0 spiro atoms. The van der Waals surface area contributed by atoms with Crippen LogP contribution in [0.25, 0.3) is 33.5 Å². The molecule has 0 saturated carbocycles. The quantitative estimate of drug-likeness (QED) is 0.549. The standard InChI is InChI=1S/C21H19N3/c1-14-4-5-18(12-15(14)2)16-6-8-17(9-7-16)21-22-19-10-11-24(3)13-20(19)23-21/h4-13H,1-3H3/p+1. The van der Waals surface area contributed by atoms with Gasteiger partial charge in [-0.25, -0.2) is 9.55 Å². The molecule has 0 aliphatic rings. The summed E-state index contributed by atoms with van der Waals surface area (Å²) in [5, 5.41) is 0. The van der Waals surface area contributed by atoms with Gasteiger partial charge in [0.05, 0.1) is 0 Å². The zero-order chi connectivity index (χ0) is 16.7. The third-order valence-electron chi connectivity index (χ3n) is 4.56. The highest BCUT2D eigenvalue weighted by molar-refractivity contribution is 5.78. The van der Waals surface area contributed by atoms with Gasteiger partial charge in [0.25, 0.3) is 0 Å². The van der Waals surface area contributed by atoms with Crippen LogP contribution in [0.5, 0.6) is 0 Å². The molecule has 3 nitrogen and oxygen atoms in total. The molecule has 0 radical (unpaired) electrons. The molecule has 0 bridgehead atoms. The normalized spacial score (nSPS) is 11.1. The fraction of sp³-hybridized carbons (Fsp3) is 0.143. The van der Waals surface area contributed by atoms with Gasteiger partial charge in [0.1, 0.15) is 23.9 Å². The first-order valence-corrected chi connectivity index (χ1v) is 8.13. The lowest BCUT2D eigenvalue weighted by molar-refractivity contribution is -0.670. The number of H-pyrrole nitrogens is 1. The number of nitrogens with zero attached hydrogens (tertiary/aromatic N) is 2. The van der Waals surface area contributed by atoms with Crippen molar-refractivity contribution >= 4 is 11.0 Å². The van der Waals surface area contributed by atoms with E-state index in [1.807, 2.05) is 23.9 Å². The van der Waals surface area contributed by atoms with Gasteiger partial charge >= 0.3 is 0 Å². The van der Waals surface area contributed by atoms with Crippen molar-refractivity contribution in [3.63, 3.8) is 0 Å². The number of hydrogen-bond acceptors (Lipinski definition) is 1. The number of aromatic nitrogens is 3. The molecule has 0 amide bonds. The van der Waals surface area contributed by atoms with Gasteiger partial charge in [-0.3, -0.25) is 0 Å². The zero-order valence-corrected chi connectivity index (χ0v) is 14.2. The fourth-order valence-electron chi connectivity index (χ4n) is 2.94. The van der Waals surface area contributed by atoms with Gasteiger partial charge in [0, 0.05) is 11.6 Å². The maximum atomic E-state index is 4.68. The van der Waals surface area contributed by atoms with Crippen molar-refractivity contribution in [2.24, 2.45) is 7.05 Å². The van der Waals surface area contributed by atoms with Crippen LogP contribution in [0.1, 0.15) is 11.1 Å². The largest absolute Gasteiger partial charge is 0.333 e. The second-order valence-corrected chi connectivity index (χ2v) is 6.37. The molecule has 1 N–H and O–H groups in total. The Kier molecular flexibility index (Phi) is 3.42. The maximum absolute atomic E-state index is 4.68. The molecule has 0 unspecified atom stereocenters. The predicted molar refractivity (Wildman–Crippen MR) is 97.6 cm³/mol. The van der Waals surface area contributed by atoms with Crippen molar-refractivity contribution in [1.82, 2.24) is 9.97 Å². The van der Waals surface area contributed by atoms with E-state index in [1.165, 1.54) is 22.3 Å². The van der Waals surface area contributed by atoms with Crippen LogP contribution in [0, 0.1) is 13.8 Å². The van der Waals surface area contributed by atoms with Crippen molar-refractivity contribution < 1.29 is 4.57 Å². The molecule has 0 aliphatic heterocycles. The predicted octanol–water partition coefficient (Wildman–Crippen LogP) is 4.34. The van der Waals surface area contributed by atoms with Crippen LogP contribution in [-0.2, 0) is 7.05 Å². The number of aryl methyl sites for hydroxylation is 3. The highest BCUT2D eigenvalue weighted by Gasteiger charge is 2.08. The number of imidazole rings is 1. The number of aromatic amines is 1. The Morgan fingerprint density at radius 3 is 2.29 bits per heavy atom. The first-order chi connectivity index (χ1) is 11.6. The molecule has 0 aliphatic carbocycles. The molecule has 4 aromatic rings. The number of benzene rings is 2. The third-order valence-corrected chi connectivity index (χ3v) is 4.56. The summed E-state index contributed by atoms with van der Waals surface area (Å²) >= 11 is 0. The van der Waals surface area contributed by atoms with E-state index in [4.69, 9.17) is 0 Å². The van der Waals surface area contributed by atoms with Crippen LogP contribution >= 0.6 is 0 Å². The van der Waals surface area contributed by atoms with Gasteiger partial charge in [-0.05, 0) is 36.1 Å². The van der Waals surface area contributed by atoms with Crippen LogP contribution in [0.2, 0.25) is 0 Å². The molecule has 2 aromatic heterocycles. The van der Waals surface area contributed by atoms with Crippen molar-refractivity contribution in [2.45, 2.75) is 13.8 Å². The van der Waals surface area contributed by atoms with Crippen LogP contribution in [0.4, 0.5) is 0 Å². The summed E-state index contributed by atoms with van der Waals surface area (Å²) in [6.07, 6.45) is 4.06. The van der Waals surface area contributed by atoms with E-state index < -0.39 is 0 Å². The Morgan fingerprint density at radius 2 is 1.54 bits per heavy atom. The molecule has 0 saturated heterocycles. The molecule has 118 valence electrons. The first-order valence-electron chi connectivity index (χ1n) is 8.13. The minimum absolute atomic E-state index is 0.905. The lowest BCUT2D eigenvalue weighted by Crippen LogP contribution is -2.25. The SMILES string of the molecule is Cc1ccc(-c2ccc(-c3nc4cc[n+](C)cc4[nH]3)cc2)cc1C. The topological polar surface area (TPSA) is 32.6 Å². The molecule has 2 heterocycles. The summed E-state index contributed by atoms with van der Waals surface area (Å²) in [5.41, 5.74) is 8.26. The average molecular weight is 314 g/mol. The Morgan fingerprint density at radius 1 is 0.833 bits per heavy atom. The van der Waals surface area contributed by atoms with Crippen molar-refractivity contribution in [1.29, 1.82) is 0 Å². The van der Waals surface area contributed by atoms with Crippen LogP contribution in [0.3, 0.4) is 0 Å². The van der Waals surface area contributed by atoms with Crippen molar-refractivity contribution in [2.75, 3.05) is 0 Å². The minimum Gasteiger partial charge on any atom is -0.333 e.